The fourth-order valence-corrected chi connectivity index (χ4v) is 3.42. The number of halogens is 4. The SMILES string of the molecule is COc1ccc(Cl)cc1N(CCc1ccc(C(F)(F)F)cc1)C(=O)/C(=N\O)c1ccccc1. The Balaban J connectivity index is 1.96. The van der Waals surface area contributed by atoms with Gasteiger partial charge in [0.05, 0.1) is 18.4 Å². The summed E-state index contributed by atoms with van der Waals surface area (Å²) in [6.45, 7) is 0.0623. The highest BCUT2D eigenvalue weighted by atomic mass is 35.5. The predicted octanol–water partition coefficient (Wildman–Crippen LogP) is 5.82. The largest absolute Gasteiger partial charge is 0.495 e. The van der Waals surface area contributed by atoms with Gasteiger partial charge in [-0.05, 0) is 42.3 Å². The lowest BCUT2D eigenvalue weighted by Crippen LogP contribution is -2.39. The van der Waals surface area contributed by atoms with Crippen LogP contribution in [0.2, 0.25) is 5.02 Å². The zero-order valence-electron chi connectivity index (χ0n) is 17.5. The summed E-state index contributed by atoms with van der Waals surface area (Å²) >= 11 is 6.15. The Labute approximate surface area is 193 Å². The normalized spacial score (nSPS) is 11.8. The molecule has 0 aliphatic heterocycles. The van der Waals surface area contributed by atoms with E-state index in [1.54, 1.807) is 42.5 Å². The zero-order valence-corrected chi connectivity index (χ0v) is 18.3. The Bertz CT molecular complexity index is 1130. The van der Waals surface area contributed by atoms with Gasteiger partial charge in [-0.15, -0.1) is 0 Å². The summed E-state index contributed by atoms with van der Waals surface area (Å²) in [6, 6.07) is 17.8. The molecule has 0 aromatic heterocycles. The lowest BCUT2D eigenvalue weighted by atomic mass is 10.1. The van der Waals surface area contributed by atoms with E-state index in [9.17, 15) is 23.2 Å². The summed E-state index contributed by atoms with van der Waals surface area (Å²) in [7, 11) is 1.43. The minimum absolute atomic E-state index is 0.0623. The highest BCUT2D eigenvalue weighted by Gasteiger charge is 2.30. The number of methoxy groups -OCH3 is 1. The monoisotopic (exact) mass is 476 g/mol. The van der Waals surface area contributed by atoms with E-state index in [0.29, 0.717) is 27.6 Å². The third kappa shape index (κ3) is 5.84. The highest BCUT2D eigenvalue weighted by molar-refractivity contribution is 6.49. The molecular weight excluding hydrogens is 457 g/mol. The number of ether oxygens (including phenoxy) is 1. The average Bonchev–Trinajstić information content (AvgIpc) is 2.80. The summed E-state index contributed by atoms with van der Waals surface area (Å²) in [4.78, 5) is 14.8. The van der Waals surface area contributed by atoms with Crippen molar-refractivity contribution in [3.63, 3.8) is 0 Å². The fourth-order valence-electron chi connectivity index (χ4n) is 3.25. The van der Waals surface area contributed by atoms with Crippen molar-refractivity contribution < 1.29 is 27.9 Å². The molecule has 3 rings (SSSR count). The Morgan fingerprint density at radius 2 is 1.73 bits per heavy atom. The number of rotatable bonds is 7. The standard InChI is InChI=1S/C24H20ClF3N2O3/c1-33-21-12-11-19(25)15-20(21)30(23(31)22(29-32)17-5-3-2-4-6-17)14-13-16-7-9-18(10-8-16)24(26,27)28/h2-12,15,32H,13-14H2,1H3/b29-22-. The maximum Gasteiger partial charge on any atom is 0.416 e. The molecule has 172 valence electrons. The van der Waals surface area contributed by atoms with Gasteiger partial charge in [-0.25, -0.2) is 0 Å². The maximum atomic E-state index is 13.4. The summed E-state index contributed by atoms with van der Waals surface area (Å²) in [6.07, 6.45) is -4.20. The molecule has 3 aromatic rings. The molecule has 1 N–H and O–H groups in total. The third-order valence-corrected chi connectivity index (χ3v) is 5.17. The van der Waals surface area contributed by atoms with Crippen LogP contribution in [0.1, 0.15) is 16.7 Å². The third-order valence-electron chi connectivity index (χ3n) is 4.93. The summed E-state index contributed by atoms with van der Waals surface area (Å²) in [5.41, 5.74) is 0.355. The van der Waals surface area contributed by atoms with E-state index in [2.05, 4.69) is 5.16 Å². The molecule has 1 amide bonds. The number of hydrogen-bond donors (Lipinski definition) is 1. The van der Waals surface area contributed by atoms with Crippen molar-refractivity contribution in [1.29, 1.82) is 0 Å². The lowest BCUT2D eigenvalue weighted by molar-refractivity contribution is -0.137. The second-order valence-electron chi connectivity index (χ2n) is 7.03. The molecule has 0 radical (unpaired) electrons. The first-order valence-electron chi connectivity index (χ1n) is 9.83. The van der Waals surface area contributed by atoms with Crippen molar-refractivity contribution in [1.82, 2.24) is 0 Å². The smallest absolute Gasteiger partial charge is 0.416 e. The van der Waals surface area contributed by atoms with E-state index in [1.165, 1.54) is 30.2 Å². The van der Waals surface area contributed by atoms with E-state index in [-0.39, 0.29) is 18.7 Å². The minimum atomic E-state index is -4.43. The highest BCUT2D eigenvalue weighted by Crippen LogP contribution is 2.33. The molecule has 0 bridgehead atoms. The Morgan fingerprint density at radius 3 is 2.30 bits per heavy atom. The molecule has 0 saturated carbocycles. The molecule has 0 fully saturated rings. The number of carbonyl (C=O) groups excluding carboxylic acids is 1. The van der Waals surface area contributed by atoms with Gasteiger partial charge in [-0.3, -0.25) is 4.79 Å². The molecule has 0 saturated heterocycles. The molecule has 33 heavy (non-hydrogen) atoms. The summed E-state index contributed by atoms with van der Waals surface area (Å²) in [5, 5.41) is 13.1. The van der Waals surface area contributed by atoms with Crippen molar-refractivity contribution in [3.05, 3.63) is 94.5 Å². The summed E-state index contributed by atoms with van der Waals surface area (Å²) < 4.78 is 43.9. The van der Waals surface area contributed by atoms with Gasteiger partial charge in [0.2, 0.25) is 0 Å². The molecular formula is C24H20ClF3N2O3. The lowest BCUT2D eigenvalue weighted by Gasteiger charge is -2.25. The molecule has 0 atom stereocenters. The van der Waals surface area contributed by atoms with Crippen LogP contribution in [0.5, 0.6) is 5.75 Å². The molecule has 0 heterocycles. The fraction of sp³-hybridized carbons (Fsp3) is 0.167. The molecule has 0 aliphatic carbocycles. The number of anilines is 1. The predicted molar refractivity (Wildman–Crippen MR) is 120 cm³/mol. The number of hydrogen-bond acceptors (Lipinski definition) is 4. The van der Waals surface area contributed by atoms with Crippen LogP contribution in [-0.2, 0) is 17.4 Å². The van der Waals surface area contributed by atoms with E-state index >= 15 is 0 Å². The number of carbonyl (C=O) groups is 1. The number of benzene rings is 3. The first-order valence-corrected chi connectivity index (χ1v) is 10.2. The van der Waals surface area contributed by atoms with Crippen LogP contribution in [0.4, 0.5) is 18.9 Å². The van der Waals surface area contributed by atoms with Crippen LogP contribution < -0.4 is 9.64 Å². The Hall–Kier alpha value is -3.52. The number of oxime groups is 1. The molecule has 0 aliphatic rings. The zero-order chi connectivity index (χ0) is 24.0. The average molecular weight is 477 g/mol. The molecule has 0 unspecified atom stereocenters. The van der Waals surface area contributed by atoms with Gasteiger partial charge in [0.15, 0.2) is 5.71 Å². The van der Waals surface area contributed by atoms with E-state index in [0.717, 1.165) is 12.1 Å². The first kappa shape index (κ1) is 24.1. The van der Waals surface area contributed by atoms with E-state index in [1.807, 2.05) is 0 Å². The molecule has 3 aromatic carbocycles. The second kappa shape index (κ2) is 10.4. The molecule has 5 nitrogen and oxygen atoms in total. The Morgan fingerprint density at radius 1 is 1.06 bits per heavy atom. The quantitative estimate of drug-likeness (QED) is 0.265. The first-order chi connectivity index (χ1) is 15.7. The van der Waals surface area contributed by atoms with Gasteiger partial charge >= 0.3 is 6.18 Å². The topological polar surface area (TPSA) is 62.1 Å². The van der Waals surface area contributed by atoms with Crippen molar-refractivity contribution in [2.45, 2.75) is 12.6 Å². The number of nitrogens with zero attached hydrogens (tertiary/aromatic N) is 2. The van der Waals surface area contributed by atoms with Crippen LogP contribution in [0.25, 0.3) is 0 Å². The van der Waals surface area contributed by atoms with Crippen molar-refractivity contribution in [2.24, 2.45) is 5.16 Å². The second-order valence-corrected chi connectivity index (χ2v) is 7.47. The molecule has 0 spiro atoms. The van der Waals surface area contributed by atoms with Crippen LogP contribution in [0.15, 0.2) is 78.0 Å². The maximum absolute atomic E-state index is 13.4. The van der Waals surface area contributed by atoms with Gasteiger partial charge in [-0.2, -0.15) is 13.2 Å². The minimum Gasteiger partial charge on any atom is -0.495 e. The van der Waals surface area contributed by atoms with E-state index < -0.39 is 17.6 Å². The van der Waals surface area contributed by atoms with Gasteiger partial charge in [-0.1, -0.05) is 59.2 Å². The van der Waals surface area contributed by atoms with Crippen LogP contribution in [-0.4, -0.2) is 30.5 Å². The molecule has 9 heteroatoms. The van der Waals surface area contributed by atoms with Crippen molar-refractivity contribution in [3.8, 4) is 5.75 Å². The van der Waals surface area contributed by atoms with Crippen LogP contribution in [0, 0.1) is 0 Å². The Kier molecular flexibility index (Phi) is 7.60. The van der Waals surface area contributed by atoms with Crippen LogP contribution >= 0.6 is 11.6 Å². The van der Waals surface area contributed by atoms with Gasteiger partial charge in [0.25, 0.3) is 5.91 Å². The van der Waals surface area contributed by atoms with E-state index in [4.69, 9.17) is 16.3 Å². The van der Waals surface area contributed by atoms with Gasteiger partial charge in [0.1, 0.15) is 5.75 Å². The van der Waals surface area contributed by atoms with Gasteiger partial charge in [0, 0.05) is 17.1 Å². The number of amides is 1. The summed E-state index contributed by atoms with van der Waals surface area (Å²) in [5.74, 6) is -0.276. The van der Waals surface area contributed by atoms with Crippen molar-refractivity contribution >= 4 is 28.9 Å². The van der Waals surface area contributed by atoms with Gasteiger partial charge < -0.3 is 14.8 Å². The van der Waals surface area contributed by atoms with Crippen LogP contribution in [0.3, 0.4) is 0 Å². The van der Waals surface area contributed by atoms with Crippen molar-refractivity contribution in [2.75, 3.05) is 18.6 Å². The number of alkyl halides is 3.